The molecule has 0 radical (unpaired) electrons. The smallest absolute Gasteiger partial charge is 0.137 e. The van der Waals surface area contributed by atoms with Crippen LogP contribution in [0.15, 0.2) is 22.7 Å². The summed E-state index contributed by atoms with van der Waals surface area (Å²) >= 11 is 3.30. The third-order valence-electron chi connectivity index (χ3n) is 3.02. The van der Waals surface area contributed by atoms with Crippen molar-refractivity contribution in [3.05, 3.63) is 34.1 Å². The van der Waals surface area contributed by atoms with Gasteiger partial charge in [-0.1, -0.05) is 12.1 Å². The molecule has 0 N–H and O–H groups in total. The predicted molar refractivity (Wildman–Crippen MR) is 77.7 cm³/mol. The fraction of sp³-hybridized carbons (Fsp3) is 0.571. The van der Waals surface area contributed by atoms with Gasteiger partial charge in [0.05, 0.1) is 17.7 Å². The molecule has 0 heterocycles. The quantitative estimate of drug-likeness (QED) is 0.729. The SMILES string of the molecule is COCCN(Cc1cccc(F)c1Br)C(C)COC. The highest BCUT2D eigenvalue weighted by atomic mass is 79.9. The molecule has 0 amide bonds. The summed E-state index contributed by atoms with van der Waals surface area (Å²) in [7, 11) is 3.36. The van der Waals surface area contributed by atoms with Gasteiger partial charge < -0.3 is 9.47 Å². The zero-order valence-electron chi connectivity index (χ0n) is 11.7. The van der Waals surface area contributed by atoms with Gasteiger partial charge in [0.15, 0.2) is 0 Å². The molecule has 108 valence electrons. The summed E-state index contributed by atoms with van der Waals surface area (Å²) < 4.78 is 24.4. The van der Waals surface area contributed by atoms with Crippen LogP contribution in [0.1, 0.15) is 12.5 Å². The second kappa shape index (κ2) is 8.64. The van der Waals surface area contributed by atoms with Crippen LogP contribution < -0.4 is 0 Å². The molecule has 0 spiro atoms. The highest BCUT2D eigenvalue weighted by Crippen LogP contribution is 2.22. The van der Waals surface area contributed by atoms with E-state index < -0.39 is 0 Å². The summed E-state index contributed by atoms with van der Waals surface area (Å²) in [5.41, 5.74) is 0.930. The van der Waals surface area contributed by atoms with Crippen LogP contribution in [0.2, 0.25) is 0 Å². The van der Waals surface area contributed by atoms with Gasteiger partial charge >= 0.3 is 0 Å². The van der Waals surface area contributed by atoms with Gasteiger partial charge in [-0.15, -0.1) is 0 Å². The Morgan fingerprint density at radius 1 is 1.32 bits per heavy atom. The van der Waals surface area contributed by atoms with E-state index in [2.05, 4.69) is 27.8 Å². The molecule has 1 atom stereocenters. The monoisotopic (exact) mass is 333 g/mol. The molecule has 19 heavy (non-hydrogen) atoms. The summed E-state index contributed by atoms with van der Waals surface area (Å²) in [6.45, 7) is 4.81. The molecule has 0 aliphatic heterocycles. The van der Waals surface area contributed by atoms with Gasteiger partial charge in [0, 0.05) is 33.4 Å². The van der Waals surface area contributed by atoms with Crippen molar-refractivity contribution in [3.63, 3.8) is 0 Å². The van der Waals surface area contributed by atoms with Crippen LogP contribution in [-0.4, -0.2) is 44.9 Å². The van der Waals surface area contributed by atoms with Crippen molar-refractivity contribution in [2.24, 2.45) is 0 Å². The van der Waals surface area contributed by atoms with Crippen LogP contribution in [-0.2, 0) is 16.0 Å². The van der Waals surface area contributed by atoms with Gasteiger partial charge in [0.1, 0.15) is 5.82 Å². The van der Waals surface area contributed by atoms with Crippen molar-refractivity contribution >= 4 is 15.9 Å². The van der Waals surface area contributed by atoms with Crippen molar-refractivity contribution < 1.29 is 13.9 Å². The van der Waals surface area contributed by atoms with Crippen LogP contribution in [0.3, 0.4) is 0 Å². The summed E-state index contributed by atoms with van der Waals surface area (Å²) in [6.07, 6.45) is 0. The third-order valence-corrected chi connectivity index (χ3v) is 3.91. The number of methoxy groups -OCH3 is 2. The van der Waals surface area contributed by atoms with Crippen molar-refractivity contribution in [2.45, 2.75) is 19.5 Å². The predicted octanol–water partition coefficient (Wildman–Crippen LogP) is 3.07. The number of benzene rings is 1. The molecule has 1 aromatic rings. The van der Waals surface area contributed by atoms with Crippen molar-refractivity contribution in [2.75, 3.05) is 34.0 Å². The van der Waals surface area contributed by atoms with E-state index >= 15 is 0 Å². The molecule has 0 aliphatic carbocycles. The second-order valence-electron chi connectivity index (χ2n) is 4.48. The fourth-order valence-electron chi connectivity index (χ4n) is 1.90. The first-order valence-corrected chi connectivity index (χ1v) is 7.04. The lowest BCUT2D eigenvalue weighted by atomic mass is 10.2. The second-order valence-corrected chi connectivity index (χ2v) is 5.27. The van der Waals surface area contributed by atoms with Crippen LogP contribution >= 0.6 is 15.9 Å². The topological polar surface area (TPSA) is 21.7 Å². The van der Waals surface area contributed by atoms with Crippen LogP contribution in [0, 0.1) is 5.82 Å². The molecular formula is C14H21BrFNO2. The van der Waals surface area contributed by atoms with Crippen LogP contribution in [0.4, 0.5) is 4.39 Å². The molecule has 0 saturated carbocycles. The van der Waals surface area contributed by atoms with E-state index in [4.69, 9.17) is 9.47 Å². The lowest BCUT2D eigenvalue weighted by molar-refractivity contribution is 0.0703. The number of rotatable bonds is 8. The van der Waals surface area contributed by atoms with E-state index in [0.29, 0.717) is 24.2 Å². The summed E-state index contributed by atoms with van der Waals surface area (Å²) in [4.78, 5) is 2.21. The maximum Gasteiger partial charge on any atom is 0.137 e. The zero-order chi connectivity index (χ0) is 14.3. The Bertz CT molecular complexity index is 390. The molecule has 0 fully saturated rings. The van der Waals surface area contributed by atoms with Gasteiger partial charge in [-0.2, -0.15) is 0 Å². The van der Waals surface area contributed by atoms with Gasteiger partial charge in [-0.25, -0.2) is 4.39 Å². The summed E-state index contributed by atoms with van der Waals surface area (Å²) in [5.74, 6) is -0.233. The first-order valence-electron chi connectivity index (χ1n) is 6.25. The molecule has 0 aromatic heterocycles. The molecule has 1 rings (SSSR count). The van der Waals surface area contributed by atoms with E-state index in [-0.39, 0.29) is 11.9 Å². The van der Waals surface area contributed by atoms with Crippen LogP contribution in [0.25, 0.3) is 0 Å². The van der Waals surface area contributed by atoms with E-state index in [1.54, 1.807) is 20.3 Å². The normalized spacial score (nSPS) is 12.9. The summed E-state index contributed by atoms with van der Waals surface area (Å²) in [6, 6.07) is 5.35. The Kier molecular flexibility index (Phi) is 7.53. The van der Waals surface area contributed by atoms with E-state index in [1.807, 2.05) is 6.07 Å². The van der Waals surface area contributed by atoms with Gasteiger partial charge in [-0.3, -0.25) is 4.90 Å². The minimum atomic E-state index is -0.233. The maximum absolute atomic E-state index is 13.5. The lowest BCUT2D eigenvalue weighted by Gasteiger charge is -2.28. The number of halogens is 2. The Balaban J connectivity index is 2.78. The lowest BCUT2D eigenvalue weighted by Crippen LogP contribution is -2.38. The van der Waals surface area contributed by atoms with E-state index in [1.165, 1.54) is 6.07 Å². The van der Waals surface area contributed by atoms with Gasteiger partial charge in [-0.05, 0) is 34.5 Å². The molecule has 1 unspecified atom stereocenters. The van der Waals surface area contributed by atoms with Crippen molar-refractivity contribution in [1.29, 1.82) is 0 Å². The molecule has 1 aromatic carbocycles. The number of hydrogen-bond acceptors (Lipinski definition) is 3. The molecule has 3 nitrogen and oxygen atoms in total. The Morgan fingerprint density at radius 2 is 2.05 bits per heavy atom. The van der Waals surface area contributed by atoms with Crippen LogP contribution in [0.5, 0.6) is 0 Å². The third kappa shape index (κ3) is 5.18. The molecule has 0 bridgehead atoms. The Hall–Kier alpha value is -0.490. The average Bonchev–Trinajstić information content (AvgIpc) is 2.39. The zero-order valence-corrected chi connectivity index (χ0v) is 13.2. The summed E-state index contributed by atoms with van der Waals surface area (Å²) in [5, 5.41) is 0. The van der Waals surface area contributed by atoms with Gasteiger partial charge in [0.25, 0.3) is 0 Å². The number of hydrogen-bond donors (Lipinski definition) is 0. The average molecular weight is 334 g/mol. The van der Waals surface area contributed by atoms with Gasteiger partial charge in [0.2, 0.25) is 0 Å². The number of ether oxygens (including phenoxy) is 2. The highest BCUT2D eigenvalue weighted by molar-refractivity contribution is 9.10. The standard InChI is InChI=1S/C14H21BrFNO2/c1-11(10-19-3)17(7-8-18-2)9-12-5-4-6-13(16)14(12)15/h4-6,11H,7-10H2,1-3H3. The molecule has 5 heteroatoms. The Labute approximate surface area is 122 Å². The minimum Gasteiger partial charge on any atom is -0.383 e. The maximum atomic E-state index is 13.5. The van der Waals surface area contributed by atoms with E-state index in [0.717, 1.165) is 12.1 Å². The van der Waals surface area contributed by atoms with E-state index in [9.17, 15) is 4.39 Å². The highest BCUT2D eigenvalue weighted by Gasteiger charge is 2.16. The Morgan fingerprint density at radius 3 is 2.68 bits per heavy atom. The number of nitrogens with zero attached hydrogens (tertiary/aromatic N) is 1. The molecule has 0 aliphatic rings. The van der Waals surface area contributed by atoms with Crippen molar-refractivity contribution in [3.8, 4) is 0 Å². The first kappa shape index (κ1) is 16.6. The largest absolute Gasteiger partial charge is 0.383 e. The van der Waals surface area contributed by atoms with Crippen molar-refractivity contribution in [1.82, 2.24) is 4.90 Å². The fourth-order valence-corrected chi connectivity index (χ4v) is 2.29. The first-order chi connectivity index (χ1) is 9.10. The molecule has 0 saturated heterocycles. The molecular weight excluding hydrogens is 313 g/mol. The minimum absolute atomic E-state index is 0.233.